The van der Waals surface area contributed by atoms with E-state index in [0.717, 1.165) is 22.7 Å². The van der Waals surface area contributed by atoms with Gasteiger partial charge in [0.2, 0.25) is 5.89 Å². The third-order valence-corrected chi connectivity index (χ3v) is 4.44. The molecule has 0 bridgehead atoms. The Labute approximate surface area is 145 Å². The summed E-state index contributed by atoms with van der Waals surface area (Å²) in [7, 11) is 2.07. The third-order valence-electron chi connectivity index (χ3n) is 4.44. The van der Waals surface area contributed by atoms with Crippen LogP contribution in [0.1, 0.15) is 24.4 Å². The van der Waals surface area contributed by atoms with Crippen molar-refractivity contribution in [3.63, 3.8) is 0 Å². The highest BCUT2D eigenvalue weighted by atomic mass is 16.3. The highest BCUT2D eigenvalue weighted by Crippen LogP contribution is 2.23. The Bertz CT molecular complexity index is 926. The summed E-state index contributed by atoms with van der Waals surface area (Å²) in [6, 6.07) is 16.4. The molecule has 2 heterocycles. The van der Waals surface area contributed by atoms with Crippen LogP contribution in [0.15, 0.2) is 65.6 Å². The lowest BCUT2D eigenvalue weighted by Crippen LogP contribution is -2.22. The second kappa shape index (κ2) is 6.49. The molecule has 0 aliphatic rings. The molecule has 1 unspecified atom stereocenters. The summed E-state index contributed by atoms with van der Waals surface area (Å²) in [4.78, 5) is 10.7. The molecule has 0 fully saturated rings. The molecule has 6 heteroatoms. The van der Waals surface area contributed by atoms with Crippen molar-refractivity contribution in [2.24, 2.45) is 0 Å². The molecule has 0 aliphatic carbocycles. The molecule has 0 spiro atoms. The van der Waals surface area contributed by atoms with Crippen LogP contribution in [0.4, 0.5) is 0 Å². The summed E-state index contributed by atoms with van der Waals surface area (Å²) in [5, 5.41) is 4.15. The van der Waals surface area contributed by atoms with E-state index < -0.39 is 0 Å². The first-order valence-corrected chi connectivity index (χ1v) is 8.20. The van der Waals surface area contributed by atoms with Crippen molar-refractivity contribution in [3.8, 4) is 5.69 Å². The van der Waals surface area contributed by atoms with Crippen molar-refractivity contribution in [2.75, 3.05) is 7.05 Å². The van der Waals surface area contributed by atoms with E-state index in [1.165, 1.54) is 11.9 Å². The minimum Gasteiger partial charge on any atom is -0.439 e. The quantitative estimate of drug-likeness (QED) is 0.558. The molecule has 0 aliphatic heterocycles. The number of rotatable bonds is 5. The number of oxazole rings is 1. The molecule has 25 heavy (non-hydrogen) atoms. The first-order chi connectivity index (χ1) is 12.2. The maximum atomic E-state index is 5.82. The number of fused-ring (bicyclic) bond motifs is 1. The highest BCUT2D eigenvalue weighted by molar-refractivity contribution is 5.72. The Hall–Kier alpha value is -2.99. The van der Waals surface area contributed by atoms with Crippen LogP contribution < -0.4 is 0 Å². The van der Waals surface area contributed by atoms with E-state index in [1.807, 2.05) is 36.4 Å². The monoisotopic (exact) mass is 333 g/mol. The van der Waals surface area contributed by atoms with Gasteiger partial charge in [-0.15, -0.1) is 0 Å². The summed E-state index contributed by atoms with van der Waals surface area (Å²) >= 11 is 0. The van der Waals surface area contributed by atoms with Gasteiger partial charge in [0.15, 0.2) is 5.58 Å². The smallest absolute Gasteiger partial charge is 0.209 e. The zero-order valence-electron chi connectivity index (χ0n) is 14.2. The molecule has 0 N–H and O–H groups in total. The van der Waals surface area contributed by atoms with Gasteiger partial charge >= 0.3 is 0 Å². The van der Waals surface area contributed by atoms with Crippen LogP contribution in [0.25, 0.3) is 16.8 Å². The van der Waals surface area contributed by atoms with Gasteiger partial charge in [-0.25, -0.2) is 14.6 Å². The van der Waals surface area contributed by atoms with Crippen LogP contribution in [0, 0.1) is 0 Å². The van der Waals surface area contributed by atoms with Gasteiger partial charge in [0.1, 0.15) is 18.2 Å². The van der Waals surface area contributed by atoms with Gasteiger partial charge in [-0.05, 0) is 43.8 Å². The van der Waals surface area contributed by atoms with Gasteiger partial charge in [-0.1, -0.05) is 24.3 Å². The van der Waals surface area contributed by atoms with Crippen molar-refractivity contribution >= 4 is 11.1 Å². The fourth-order valence-corrected chi connectivity index (χ4v) is 2.84. The summed E-state index contributed by atoms with van der Waals surface area (Å²) < 4.78 is 7.57. The molecule has 4 rings (SSSR count). The molecule has 0 saturated carbocycles. The first-order valence-electron chi connectivity index (χ1n) is 8.20. The molecule has 1 atom stereocenters. The highest BCUT2D eigenvalue weighted by Gasteiger charge is 2.15. The first kappa shape index (κ1) is 15.5. The summed E-state index contributed by atoms with van der Waals surface area (Å²) in [5.74, 6) is 0.731. The molecule has 0 saturated heterocycles. The van der Waals surface area contributed by atoms with E-state index in [4.69, 9.17) is 4.42 Å². The lowest BCUT2D eigenvalue weighted by Gasteiger charge is -2.23. The van der Waals surface area contributed by atoms with E-state index in [-0.39, 0.29) is 6.04 Å². The Kier molecular flexibility index (Phi) is 4.03. The zero-order valence-corrected chi connectivity index (χ0v) is 14.2. The second-order valence-electron chi connectivity index (χ2n) is 6.10. The van der Waals surface area contributed by atoms with Crippen molar-refractivity contribution < 1.29 is 4.42 Å². The molecule has 6 nitrogen and oxygen atoms in total. The van der Waals surface area contributed by atoms with Gasteiger partial charge < -0.3 is 4.42 Å². The van der Waals surface area contributed by atoms with Crippen molar-refractivity contribution in [2.45, 2.75) is 19.5 Å². The largest absolute Gasteiger partial charge is 0.439 e. The molecule has 2 aromatic heterocycles. The van der Waals surface area contributed by atoms with E-state index >= 15 is 0 Å². The Morgan fingerprint density at radius 3 is 2.64 bits per heavy atom. The van der Waals surface area contributed by atoms with Crippen molar-refractivity contribution in [3.05, 3.63) is 72.6 Å². The maximum absolute atomic E-state index is 5.82. The SMILES string of the molecule is CC(c1ccc(-n2cncn2)cc1)N(C)Cc1nc2ccccc2o1. The topological polar surface area (TPSA) is 60.0 Å². The fourth-order valence-electron chi connectivity index (χ4n) is 2.84. The summed E-state index contributed by atoms with van der Waals surface area (Å²) in [5.41, 5.74) is 3.95. The average molecular weight is 333 g/mol. The third kappa shape index (κ3) is 3.16. The number of aromatic nitrogens is 4. The normalized spacial score (nSPS) is 12.8. The van der Waals surface area contributed by atoms with Crippen LogP contribution in [-0.4, -0.2) is 31.7 Å². The summed E-state index contributed by atoms with van der Waals surface area (Å²) in [6.07, 6.45) is 3.22. The predicted octanol–water partition coefficient (Wildman–Crippen LogP) is 3.60. The molecular formula is C19H19N5O. The standard InChI is InChI=1S/C19H19N5O/c1-14(15-7-9-16(10-8-15)24-13-20-12-21-24)23(2)11-19-22-17-5-3-4-6-18(17)25-19/h3-10,12-14H,11H2,1-2H3. The number of nitrogens with zero attached hydrogens (tertiary/aromatic N) is 5. The molecular weight excluding hydrogens is 314 g/mol. The number of hydrogen-bond donors (Lipinski definition) is 0. The fraction of sp³-hybridized carbons (Fsp3) is 0.211. The van der Waals surface area contributed by atoms with Crippen LogP contribution in [0.3, 0.4) is 0 Å². The molecule has 0 amide bonds. The number of hydrogen-bond acceptors (Lipinski definition) is 5. The number of benzene rings is 2. The lowest BCUT2D eigenvalue weighted by atomic mass is 10.1. The van der Waals surface area contributed by atoms with Crippen LogP contribution >= 0.6 is 0 Å². The van der Waals surface area contributed by atoms with E-state index in [1.54, 1.807) is 11.0 Å². The Balaban J connectivity index is 1.48. The second-order valence-corrected chi connectivity index (χ2v) is 6.10. The Morgan fingerprint density at radius 2 is 1.92 bits per heavy atom. The van der Waals surface area contributed by atoms with Gasteiger partial charge in [-0.3, -0.25) is 4.90 Å². The van der Waals surface area contributed by atoms with Crippen LogP contribution in [0.5, 0.6) is 0 Å². The maximum Gasteiger partial charge on any atom is 0.209 e. The molecule has 4 aromatic rings. The zero-order chi connectivity index (χ0) is 17.2. The van der Waals surface area contributed by atoms with Crippen molar-refractivity contribution in [1.29, 1.82) is 0 Å². The predicted molar refractivity (Wildman–Crippen MR) is 95.3 cm³/mol. The van der Waals surface area contributed by atoms with E-state index in [9.17, 15) is 0 Å². The van der Waals surface area contributed by atoms with Gasteiger partial charge in [0, 0.05) is 6.04 Å². The molecule has 126 valence electrons. The number of para-hydroxylation sites is 2. The minimum absolute atomic E-state index is 0.236. The van der Waals surface area contributed by atoms with E-state index in [0.29, 0.717) is 6.54 Å². The van der Waals surface area contributed by atoms with Crippen LogP contribution in [0.2, 0.25) is 0 Å². The van der Waals surface area contributed by atoms with Gasteiger partial charge in [0.05, 0.1) is 12.2 Å². The Morgan fingerprint density at radius 1 is 1.12 bits per heavy atom. The molecule has 2 aromatic carbocycles. The molecule has 0 radical (unpaired) electrons. The van der Waals surface area contributed by atoms with Crippen LogP contribution in [-0.2, 0) is 6.54 Å². The van der Waals surface area contributed by atoms with Gasteiger partial charge in [-0.2, -0.15) is 5.10 Å². The average Bonchev–Trinajstić information content (AvgIpc) is 3.30. The van der Waals surface area contributed by atoms with Gasteiger partial charge in [0.25, 0.3) is 0 Å². The minimum atomic E-state index is 0.236. The van der Waals surface area contributed by atoms with E-state index in [2.05, 4.69) is 46.1 Å². The van der Waals surface area contributed by atoms with Crippen molar-refractivity contribution in [1.82, 2.24) is 24.6 Å². The lowest BCUT2D eigenvalue weighted by molar-refractivity contribution is 0.230. The summed E-state index contributed by atoms with van der Waals surface area (Å²) in [6.45, 7) is 2.83.